The topological polar surface area (TPSA) is 9.23 Å². The van der Waals surface area contributed by atoms with Crippen molar-refractivity contribution >= 4 is 0 Å². The molecule has 0 radical (unpaired) electrons. The molecule has 3 rings (SSSR count). The van der Waals surface area contributed by atoms with Crippen LogP contribution in [0.25, 0.3) is 0 Å². The molecule has 1 nitrogen and oxygen atoms in total. The quantitative estimate of drug-likeness (QED) is 0.553. The van der Waals surface area contributed by atoms with Gasteiger partial charge in [-0.15, -0.1) is 0 Å². The maximum Gasteiger partial charge on any atom is 0.400 e. The van der Waals surface area contributed by atoms with Crippen molar-refractivity contribution in [1.82, 2.24) is 0 Å². The van der Waals surface area contributed by atoms with E-state index in [1.807, 2.05) is 0 Å². The first-order chi connectivity index (χ1) is 11.8. The first-order valence-electron chi connectivity index (χ1n) is 9.36. The summed E-state index contributed by atoms with van der Waals surface area (Å²) in [6.45, 7) is 2.28. The van der Waals surface area contributed by atoms with Crippen molar-refractivity contribution in [1.29, 1.82) is 0 Å². The Morgan fingerprint density at radius 3 is 1.80 bits per heavy atom. The summed E-state index contributed by atoms with van der Waals surface area (Å²) in [5, 5.41) is 0. The highest BCUT2D eigenvalue weighted by atomic mass is 19.3. The van der Waals surface area contributed by atoms with Gasteiger partial charge >= 0.3 is 6.11 Å². The molecule has 0 saturated heterocycles. The number of halogens is 4. The minimum absolute atomic E-state index is 0.404. The Bertz CT molecular complexity index is 553. The molecule has 25 heavy (non-hydrogen) atoms. The van der Waals surface area contributed by atoms with Crippen LogP contribution in [-0.4, -0.2) is 6.11 Å². The van der Waals surface area contributed by atoms with Crippen molar-refractivity contribution in [3.05, 3.63) is 29.8 Å². The molecule has 2 aliphatic carbocycles. The number of ether oxygens (including phenoxy) is 1. The third-order valence-electron chi connectivity index (χ3n) is 6.06. The minimum Gasteiger partial charge on any atom is -0.432 e. The van der Waals surface area contributed by atoms with Gasteiger partial charge in [-0.2, -0.15) is 8.78 Å². The highest BCUT2D eigenvalue weighted by Crippen LogP contribution is 2.45. The summed E-state index contributed by atoms with van der Waals surface area (Å²) in [5.74, 6) is -1.18. The average molecular weight is 358 g/mol. The number of rotatable bonds is 4. The van der Waals surface area contributed by atoms with Gasteiger partial charge in [0.15, 0.2) is 0 Å². The number of hydrogen-bond donors (Lipinski definition) is 0. The summed E-state index contributed by atoms with van der Waals surface area (Å²) in [5.41, 5.74) is 0. The van der Waals surface area contributed by atoms with Crippen LogP contribution in [0.15, 0.2) is 18.2 Å². The van der Waals surface area contributed by atoms with E-state index < -0.39 is 29.4 Å². The molecule has 0 unspecified atom stereocenters. The smallest absolute Gasteiger partial charge is 0.400 e. The Morgan fingerprint density at radius 1 is 0.800 bits per heavy atom. The van der Waals surface area contributed by atoms with Crippen molar-refractivity contribution in [2.45, 2.75) is 64.4 Å². The molecule has 0 aromatic heterocycles. The first-order valence-corrected chi connectivity index (χ1v) is 9.36. The maximum absolute atomic E-state index is 14.4. The molecular weight excluding hydrogens is 332 g/mol. The monoisotopic (exact) mass is 358 g/mol. The lowest BCUT2D eigenvalue weighted by molar-refractivity contribution is -0.224. The molecule has 2 fully saturated rings. The first kappa shape index (κ1) is 18.5. The van der Waals surface area contributed by atoms with Crippen LogP contribution < -0.4 is 4.74 Å². The number of alkyl halides is 2. The van der Waals surface area contributed by atoms with Gasteiger partial charge in [-0.25, -0.2) is 8.78 Å². The zero-order chi connectivity index (χ0) is 18.0. The highest BCUT2D eigenvalue weighted by molar-refractivity contribution is 5.24. The fraction of sp³-hybridized carbons (Fsp3) is 0.700. The fourth-order valence-corrected chi connectivity index (χ4v) is 4.51. The molecule has 0 amide bonds. The van der Waals surface area contributed by atoms with Crippen molar-refractivity contribution in [2.24, 2.45) is 23.7 Å². The van der Waals surface area contributed by atoms with Crippen LogP contribution in [0.5, 0.6) is 5.75 Å². The predicted octanol–water partition coefficient (Wildman–Crippen LogP) is 6.57. The Hall–Kier alpha value is -1.26. The van der Waals surface area contributed by atoms with Crippen LogP contribution in [0.3, 0.4) is 0 Å². The molecule has 2 saturated carbocycles. The Kier molecular flexibility index (Phi) is 5.59. The Balaban J connectivity index is 1.55. The zero-order valence-electron chi connectivity index (χ0n) is 14.6. The zero-order valence-corrected chi connectivity index (χ0v) is 14.6. The van der Waals surface area contributed by atoms with E-state index in [-0.39, 0.29) is 0 Å². The molecule has 2 aliphatic rings. The van der Waals surface area contributed by atoms with Gasteiger partial charge in [0.1, 0.15) is 17.4 Å². The van der Waals surface area contributed by atoms with Gasteiger partial charge in [0, 0.05) is 18.2 Å². The van der Waals surface area contributed by atoms with E-state index in [2.05, 4.69) is 11.7 Å². The van der Waals surface area contributed by atoms with Crippen molar-refractivity contribution < 1.29 is 22.3 Å². The average Bonchev–Trinajstić information content (AvgIpc) is 2.54. The Morgan fingerprint density at radius 2 is 1.28 bits per heavy atom. The Labute approximate surface area is 146 Å². The molecule has 0 aliphatic heterocycles. The summed E-state index contributed by atoms with van der Waals surface area (Å²) in [7, 11) is 0. The molecule has 0 atom stereocenters. The summed E-state index contributed by atoms with van der Waals surface area (Å²) < 4.78 is 59.8. The van der Waals surface area contributed by atoms with E-state index in [0.717, 1.165) is 30.9 Å². The molecule has 0 N–H and O–H groups in total. The van der Waals surface area contributed by atoms with Gasteiger partial charge in [0.05, 0.1) is 5.92 Å². The fourth-order valence-electron chi connectivity index (χ4n) is 4.51. The lowest BCUT2D eigenvalue weighted by Gasteiger charge is -2.38. The standard InChI is InChI=1S/C20H26F4O/c1-13-2-4-14(5-3-13)15-6-8-16(9-7-15)20(23,24)25-19-11-17(21)10-18(22)12-19/h10-16H,2-9H2,1H3. The molecule has 0 spiro atoms. The molecule has 1 aromatic carbocycles. The van der Waals surface area contributed by atoms with Gasteiger partial charge < -0.3 is 4.74 Å². The van der Waals surface area contributed by atoms with E-state index in [1.165, 1.54) is 25.7 Å². The summed E-state index contributed by atoms with van der Waals surface area (Å²) >= 11 is 0. The molecule has 5 heteroatoms. The molecule has 0 heterocycles. The van der Waals surface area contributed by atoms with Gasteiger partial charge in [-0.05, 0) is 56.3 Å². The van der Waals surface area contributed by atoms with Crippen molar-refractivity contribution in [3.8, 4) is 5.75 Å². The number of benzene rings is 1. The van der Waals surface area contributed by atoms with Crippen LogP contribution in [0.1, 0.15) is 58.3 Å². The highest BCUT2D eigenvalue weighted by Gasteiger charge is 2.45. The van der Waals surface area contributed by atoms with Crippen LogP contribution in [0.4, 0.5) is 17.6 Å². The van der Waals surface area contributed by atoms with Gasteiger partial charge in [-0.1, -0.05) is 19.8 Å². The van der Waals surface area contributed by atoms with Crippen molar-refractivity contribution in [2.75, 3.05) is 0 Å². The third kappa shape index (κ3) is 4.68. The molecule has 1 aromatic rings. The third-order valence-corrected chi connectivity index (χ3v) is 6.06. The largest absolute Gasteiger partial charge is 0.432 e. The summed E-state index contributed by atoms with van der Waals surface area (Å²) in [4.78, 5) is 0. The second-order valence-electron chi connectivity index (χ2n) is 7.90. The van der Waals surface area contributed by atoms with Gasteiger partial charge in [0.2, 0.25) is 0 Å². The van der Waals surface area contributed by atoms with E-state index >= 15 is 0 Å². The normalized spacial score (nSPS) is 30.9. The minimum atomic E-state index is -3.40. The van der Waals surface area contributed by atoms with Crippen LogP contribution in [0.2, 0.25) is 0 Å². The van der Waals surface area contributed by atoms with Crippen LogP contribution in [0, 0.1) is 35.3 Å². The van der Waals surface area contributed by atoms with E-state index in [0.29, 0.717) is 30.7 Å². The van der Waals surface area contributed by atoms with E-state index in [1.54, 1.807) is 0 Å². The van der Waals surface area contributed by atoms with E-state index in [9.17, 15) is 17.6 Å². The molecule has 0 bridgehead atoms. The lowest BCUT2D eigenvalue weighted by Crippen LogP contribution is -2.38. The number of hydrogen-bond acceptors (Lipinski definition) is 1. The summed E-state index contributed by atoms with van der Waals surface area (Å²) in [6.07, 6.45) is 3.91. The SMILES string of the molecule is CC1CCC(C2CCC(C(F)(F)Oc3cc(F)cc(F)c3)CC2)CC1. The predicted molar refractivity (Wildman–Crippen MR) is 88.5 cm³/mol. The van der Waals surface area contributed by atoms with Gasteiger partial charge in [-0.3, -0.25) is 0 Å². The van der Waals surface area contributed by atoms with Gasteiger partial charge in [0.25, 0.3) is 0 Å². The lowest BCUT2D eigenvalue weighted by atomic mass is 9.69. The second-order valence-corrected chi connectivity index (χ2v) is 7.90. The van der Waals surface area contributed by atoms with Crippen molar-refractivity contribution in [3.63, 3.8) is 0 Å². The molecular formula is C20H26F4O. The maximum atomic E-state index is 14.4. The van der Waals surface area contributed by atoms with Crippen LogP contribution in [-0.2, 0) is 0 Å². The molecule has 140 valence electrons. The van der Waals surface area contributed by atoms with Crippen LogP contribution >= 0.6 is 0 Å². The van der Waals surface area contributed by atoms with E-state index in [4.69, 9.17) is 0 Å². The summed E-state index contributed by atoms with van der Waals surface area (Å²) in [6, 6.07) is 2.23. The second kappa shape index (κ2) is 7.55.